The fourth-order valence-electron chi connectivity index (χ4n) is 5.23. The molecule has 1 amide bonds. The predicted octanol–water partition coefficient (Wildman–Crippen LogP) is 4.66. The Hall–Kier alpha value is -4.15. The predicted molar refractivity (Wildman–Crippen MR) is 162 cm³/mol. The smallest absolute Gasteiger partial charge is 0.338 e. The van der Waals surface area contributed by atoms with Crippen molar-refractivity contribution in [3.8, 4) is 0 Å². The summed E-state index contributed by atoms with van der Waals surface area (Å²) in [5.74, 6) is -0.749. The summed E-state index contributed by atoms with van der Waals surface area (Å²) < 4.78 is 31.8. The molecule has 10 heteroatoms. The molecule has 2 heterocycles. The molecule has 3 aromatic rings. The van der Waals surface area contributed by atoms with Crippen LogP contribution < -0.4 is 14.9 Å². The second kappa shape index (κ2) is 12.2. The molecular formula is C31H34N4O5S. The van der Waals surface area contributed by atoms with Gasteiger partial charge in [0.15, 0.2) is 0 Å². The molecule has 3 aromatic carbocycles. The van der Waals surface area contributed by atoms with Gasteiger partial charge < -0.3 is 20.3 Å². The third kappa shape index (κ3) is 6.44. The first-order valence-electron chi connectivity index (χ1n) is 13.7. The maximum atomic E-state index is 13.3. The highest BCUT2D eigenvalue weighted by atomic mass is 32.2. The van der Waals surface area contributed by atoms with Crippen LogP contribution in [0.4, 0.5) is 17.1 Å². The third-order valence-corrected chi connectivity index (χ3v) is 8.42. The quantitative estimate of drug-likeness (QED) is 0.268. The van der Waals surface area contributed by atoms with Gasteiger partial charge in [-0.15, -0.1) is 0 Å². The van der Waals surface area contributed by atoms with Crippen molar-refractivity contribution in [2.24, 2.45) is 0 Å². The van der Waals surface area contributed by atoms with Gasteiger partial charge in [0.1, 0.15) is 0 Å². The molecule has 0 bridgehead atoms. The van der Waals surface area contributed by atoms with Gasteiger partial charge in [-0.25, -0.2) is 13.2 Å². The van der Waals surface area contributed by atoms with Crippen molar-refractivity contribution < 1.29 is 22.7 Å². The van der Waals surface area contributed by atoms with E-state index in [1.54, 1.807) is 37.3 Å². The van der Waals surface area contributed by atoms with E-state index in [0.717, 1.165) is 31.5 Å². The zero-order valence-corrected chi connectivity index (χ0v) is 24.0. The molecule has 0 unspecified atom stereocenters. The van der Waals surface area contributed by atoms with Crippen molar-refractivity contribution >= 4 is 50.2 Å². The first-order chi connectivity index (χ1) is 19.7. The highest BCUT2D eigenvalue weighted by Crippen LogP contribution is 2.38. The average molecular weight is 575 g/mol. The van der Waals surface area contributed by atoms with Crippen molar-refractivity contribution in [3.63, 3.8) is 0 Å². The maximum Gasteiger partial charge on any atom is 0.338 e. The molecule has 41 heavy (non-hydrogen) atoms. The van der Waals surface area contributed by atoms with Crippen LogP contribution in [0.25, 0.3) is 11.3 Å². The number of rotatable bonds is 10. The largest absolute Gasteiger partial charge is 0.462 e. The number of benzene rings is 3. The molecule has 0 radical (unpaired) electrons. The van der Waals surface area contributed by atoms with Crippen molar-refractivity contribution in [2.75, 3.05) is 54.0 Å². The Kier molecular flexibility index (Phi) is 8.41. The van der Waals surface area contributed by atoms with Crippen molar-refractivity contribution in [2.45, 2.75) is 19.8 Å². The molecule has 0 atom stereocenters. The van der Waals surface area contributed by atoms with Crippen LogP contribution in [0.2, 0.25) is 0 Å². The molecule has 9 nitrogen and oxygen atoms in total. The van der Waals surface area contributed by atoms with Gasteiger partial charge in [0.25, 0.3) is 5.91 Å². The molecule has 2 N–H and O–H groups in total. The summed E-state index contributed by atoms with van der Waals surface area (Å²) in [7, 11) is -3.46. The van der Waals surface area contributed by atoms with Gasteiger partial charge in [-0.2, -0.15) is 0 Å². The van der Waals surface area contributed by atoms with E-state index < -0.39 is 16.0 Å². The van der Waals surface area contributed by atoms with Gasteiger partial charge in [-0.05, 0) is 74.8 Å². The summed E-state index contributed by atoms with van der Waals surface area (Å²) in [6, 6.07) is 21.7. The number of amides is 1. The summed E-state index contributed by atoms with van der Waals surface area (Å²) in [5.41, 5.74) is 4.66. The van der Waals surface area contributed by atoms with Gasteiger partial charge in [0.2, 0.25) is 10.0 Å². The third-order valence-electron chi connectivity index (χ3n) is 7.23. The number of ether oxygens (including phenoxy) is 1. The number of hydrogen-bond acceptors (Lipinski definition) is 7. The van der Waals surface area contributed by atoms with Crippen LogP contribution >= 0.6 is 0 Å². The second-order valence-electron chi connectivity index (χ2n) is 10.1. The van der Waals surface area contributed by atoms with Gasteiger partial charge in [0, 0.05) is 24.3 Å². The number of nitrogens with one attached hydrogen (secondary N) is 2. The number of carbonyl (C=O) groups excluding carboxylic acids is 2. The SMILES string of the molecule is CCOC(=O)c1ccc2c(c1)NC(=O)C2=C(Nc1ccc(N(CCN2CCCC2)S(C)(=O)=O)cc1)c1ccccc1. The van der Waals surface area contributed by atoms with Crippen LogP contribution in [0.3, 0.4) is 0 Å². The van der Waals surface area contributed by atoms with E-state index in [1.165, 1.54) is 10.6 Å². The molecule has 0 aliphatic carbocycles. The number of sulfonamides is 1. The van der Waals surface area contributed by atoms with E-state index in [-0.39, 0.29) is 12.5 Å². The van der Waals surface area contributed by atoms with E-state index in [1.807, 2.05) is 42.5 Å². The van der Waals surface area contributed by atoms with Crippen molar-refractivity contribution in [3.05, 3.63) is 89.5 Å². The van der Waals surface area contributed by atoms with E-state index >= 15 is 0 Å². The lowest BCUT2D eigenvalue weighted by atomic mass is 9.99. The summed E-state index contributed by atoms with van der Waals surface area (Å²) in [6.45, 7) is 5.07. The van der Waals surface area contributed by atoms with Gasteiger partial charge in [0.05, 0.1) is 41.1 Å². The molecule has 0 saturated carbocycles. The molecule has 5 rings (SSSR count). The Balaban J connectivity index is 1.46. The van der Waals surface area contributed by atoms with Crippen molar-refractivity contribution in [1.29, 1.82) is 0 Å². The van der Waals surface area contributed by atoms with E-state index in [9.17, 15) is 18.0 Å². The molecule has 2 aliphatic rings. The lowest BCUT2D eigenvalue weighted by Gasteiger charge is -2.25. The maximum absolute atomic E-state index is 13.3. The minimum atomic E-state index is -3.46. The van der Waals surface area contributed by atoms with Crippen LogP contribution in [-0.4, -0.2) is 64.2 Å². The van der Waals surface area contributed by atoms with Crippen LogP contribution in [0, 0.1) is 0 Å². The topological polar surface area (TPSA) is 108 Å². The first kappa shape index (κ1) is 28.4. The Labute approximate surface area is 240 Å². The van der Waals surface area contributed by atoms with Gasteiger partial charge >= 0.3 is 5.97 Å². The van der Waals surface area contributed by atoms with Gasteiger partial charge in [-0.3, -0.25) is 9.10 Å². The molecule has 1 saturated heterocycles. The summed E-state index contributed by atoms with van der Waals surface area (Å²) >= 11 is 0. The number of fused-ring (bicyclic) bond motifs is 1. The summed E-state index contributed by atoms with van der Waals surface area (Å²) in [6.07, 6.45) is 3.52. The normalized spacial score (nSPS) is 16.2. The molecule has 2 aliphatic heterocycles. The van der Waals surface area contributed by atoms with Crippen LogP contribution in [0.5, 0.6) is 0 Å². The highest BCUT2D eigenvalue weighted by Gasteiger charge is 2.29. The summed E-state index contributed by atoms with van der Waals surface area (Å²) in [4.78, 5) is 27.8. The van der Waals surface area contributed by atoms with Gasteiger partial charge in [-0.1, -0.05) is 36.4 Å². The standard InChI is InChI=1S/C31H34N4O5S/c1-3-40-31(37)23-11-16-26-27(21-23)33-30(36)28(26)29(22-9-5-4-6-10-22)32-24-12-14-25(15-13-24)35(41(2,38)39)20-19-34-17-7-8-18-34/h4-6,9-16,21,32H,3,7-8,17-20H2,1-2H3,(H,33,36). The van der Waals surface area contributed by atoms with Crippen LogP contribution in [-0.2, 0) is 19.6 Å². The Morgan fingerprint density at radius 1 is 1.00 bits per heavy atom. The fraction of sp³-hybridized carbons (Fsp3) is 0.290. The fourth-order valence-corrected chi connectivity index (χ4v) is 6.14. The Morgan fingerprint density at radius 3 is 2.37 bits per heavy atom. The number of anilines is 3. The highest BCUT2D eigenvalue weighted by molar-refractivity contribution is 7.92. The number of hydrogen-bond donors (Lipinski definition) is 2. The minimum absolute atomic E-state index is 0.259. The molecular weight excluding hydrogens is 540 g/mol. The van der Waals surface area contributed by atoms with E-state index in [2.05, 4.69) is 15.5 Å². The van der Waals surface area contributed by atoms with Crippen molar-refractivity contribution in [1.82, 2.24) is 4.90 Å². The monoisotopic (exact) mass is 574 g/mol. The Morgan fingerprint density at radius 2 is 1.71 bits per heavy atom. The number of nitrogens with zero attached hydrogens (tertiary/aromatic N) is 2. The zero-order chi connectivity index (χ0) is 29.0. The Bertz CT molecular complexity index is 1560. The lowest BCUT2D eigenvalue weighted by Crippen LogP contribution is -2.37. The lowest BCUT2D eigenvalue weighted by molar-refractivity contribution is -0.110. The van der Waals surface area contributed by atoms with E-state index in [0.29, 0.717) is 52.5 Å². The molecule has 0 spiro atoms. The number of esters is 1. The molecule has 0 aromatic heterocycles. The van der Waals surface area contributed by atoms with Crippen LogP contribution in [0.1, 0.15) is 41.3 Å². The molecule has 1 fully saturated rings. The minimum Gasteiger partial charge on any atom is -0.462 e. The second-order valence-corrected chi connectivity index (χ2v) is 12.0. The average Bonchev–Trinajstić information content (AvgIpc) is 3.59. The number of carbonyl (C=O) groups is 2. The first-order valence-corrected chi connectivity index (χ1v) is 15.6. The summed E-state index contributed by atoms with van der Waals surface area (Å²) in [5, 5.41) is 6.28. The molecule has 214 valence electrons. The van der Waals surface area contributed by atoms with Crippen LogP contribution in [0.15, 0.2) is 72.8 Å². The van der Waals surface area contributed by atoms with E-state index in [4.69, 9.17) is 4.74 Å². The number of likely N-dealkylation sites (tertiary alicyclic amines) is 1. The zero-order valence-electron chi connectivity index (χ0n) is 23.2.